The van der Waals surface area contributed by atoms with Crippen molar-refractivity contribution in [3.05, 3.63) is 47.0 Å². The molecule has 19 heavy (non-hydrogen) atoms. The van der Waals surface area contributed by atoms with Crippen molar-refractivity contribution in [2.45, 2.75) is 57.3 Å². The fourth-order valence-corrected chi connectivity index (χ4v) is 3.08. The Hall–Kier alpha value is -1.37. The van der Waals surface area contributed by atoms with Gasteiger partial charge in [0.25, 0.3) is 0 Å². The Bertz CT molecular complexity index is 469. The van der Waals surface area contributed by atoms with E-state index in [2.05, 4.69) is 12.1 Å². The summed E-state index contributed by atoms with van der Waals surface area (Å²) in [7, 11) is 0. The van der Waals surface area contributed by atoms with E-state index in [9.17, 15) is 4.79 Å². The molecule has 2 fully saturated rings. The lowest BCUT2D eigenvalue weighted by atomic mass is 9.80. The molecule has 0 aliphatic heterocycles. The Morgan fingerprint density at radius 3 is 2.21 bits per heavy atom. The number of carbonyl (C=O) groups is 1. The second-order valence-electron chi connectivity index (χ2n) is 5.98. The number of hydrogen-bond acceptors (Lipinski definition) is 1. The first-order valence-electron chi connectivity index (χ1n) is 7.67. The van der Waals surface area contributed by atoms with Gasteiger partial charge in [0.2, 0.25) is 0 Å². The van der Waals surface area contributed by atoms with E-state index < -0.39 is 0 Å². The molecular formula is C18H22O. The van der Waals surface area contributed by atoms with E-state index >= 15 is 0 Å². The highest BCUT2D eigenvalue weighted by Crippen LogP contribution is 2.36. The Morgan fingerprint density at radius 2 is 1.63 bits per heavy atom. The first kappa shape index (κ1) is 12.7. The highest BCUT2D eigenvalue weighted by atomic mass is 16.1. The zero-order valence-electron chi connectivity index (χ0n) is 11.5. The van der Waals surface area contributed by atoms with Gasteiger partial charge >= 0.3 is 0 Å². The maximum Gasteiger partial charge on any atom is 0.185 e. The maximum atomic E-state index is 12.2. The number of allylic oxidation sites excluding steroid dienone is 2. The molecule has 0 amide bonds. The molecule has 0 heterocycles. The molecule has 1 nitrogen and oxygen atoms in total. The summed E-state index contributed by atoms with van der Waals surface area (Å²) in [6.45, 7) is 0. The summed E-state index contributed by atoms with van der Waals surface area (Å²) in [6, 6.07) is 8.32. The molecule has 2 aliphatic rings. The molecule has 100 valence electrons. The van der Waals surface area contributed by atoms with Gasteiger partial charge in [0, 0.05) is 5.56 Å². The van der Waals surface area contributed by atoms with Crippen molar-refractivity contribution in [1.29, 1.82) is 0 Å². The van der Waals surface area contributed by atoms with Crippen molar-refractivity contribution in [2.24, 2.45) is 0 Å². The van der Waals surface area contributed by atoms with Crippen molar-refractivity contribution >= 4 is 5.78 Å². The van der Waals surface area contributed by atoms with Crippen LogP contribution in [0, 0.1) is 0 Å². The Balaban J connectivity index is 1.68. The smallest absolute Gasteiger partial charge is 0.185 e. The Kier molecular flexibility index (Phi) is 3.82. The third-order valence-electron chi connectivity index (χ3n) is 4.60. The first-order chi connectivity index (χ1) is 9.33. The van der Waals surface area contributed by atoms with Crippen molar-refractivity contribution < 1.29 is 4.79 Å². The third kappa shape index (κ3) is 2.97. The van der Waals surface area contributed by atoms with Crippen molar-refractivity contribution in [1.82, 2.24) is 0 Å². The van der Waals surface area contributed by atoms with Gasteiger partial charge in [-0.1, -0.05) is 42.7 Å². The van der Waals surface area contributed by atoms with Gasteiger partial charge in [-0.05, 0) is 56.1 Å². The minimum atomic E-state index is 0.192. The summed E-state index contributed by atoms with van der Waals surface area (Å²) < 4.78 is 0. The van der Waals surface area contributed by atoms with Gasteiger partial charge in [-0.25, -0.2) is 0 Å². The quantitative estimate of drug-likeness (QED) is 0.546. The topological polar surface area (TPSA) is 17.1 Å². The number of hydrogen-bond donors (Lipinski definition) is 0. The molecule has 1 aromatic carbocycles. The van der Waals surface area contributed by atoms with Gasteiger partial charge in [0.05, 0.1) is 0 Å². The molecule has 2 saturated carbocycles. The van der Waals surface area contributed by atoms with E-state index in [1.54, 1.807) is 0 Å². The lowest BCUT2D eigenvalue weighted by Gasteiger charge is -2.25. The lowest BCUT2D eigenvalue weighted by Crippen LogP contribution is -2.08. The van der Waals surface area contributed by atoms with Gasteiger partial charge in [-0.15, -0.1) is 0 Å². The minimum absolute atomic E-state index is 0.192. The predicted molar refractivity (Wildman–Crippen MR) is 78.5 cm³/mol. The van der Waals surface area contributed by atoms with Crippen LogP contribution in [-0.2, 0) is 0 Å². The molecule has 0 atom stereocenters. The summed E-state index contributed by atoms with van der Waals surface area (Å²) in [5, 5.41) is 0. The standard InChI is InChI=1S/C18H22O/c19-18(13-14-5-2-1-3-6-14)17-11-9-16(10-12-17)15-7-4-8-15/h9-13,15H,1-8H2. The largest absolute Gasteiger partial charge is 0.289 e. The lowest BCUT2D eigenvalue weighted by molar-refractivity contribution is 0.104. The molecule has 0 saturated heterocycles. The normalized spacial score (nSPS) is 19.9. The van der Waals surface area contributed by atoms with E-state index in [1.165, 1.54) is 49.7 Å². The summed E-state index contributed by atoms with van der Waals surface area (Å²) in [6.07, 6.45) is 11.9. The monoisotopic (exact) mass is 254 g/mol. The van der Waals surface area contributed by atoms with Crippen LogP contribution in [-0.4, -0.2) is 5.78 Å². The molecule has 2 aliphatic carbocycles. The van der Waals surface area contributed by atoms with Crippen LogP contribution in [0.1, 0.15) is 73.2 Å². The Morgan fingerprint density at radius 1 is 0.947 bits per heavy atom. The van der Waals surface area contributed by atoms with Crippen LogP contribution in [0.25, 0.3) is 0 Å². The van der Waals surface area contributed by atoms with E-state index in [0.29, 0.717) is 0 Å². The molecule has 0 spiro atoms. The number of benzene rings is 1. The third-order valence-corrected chi connectivity index (χ3v) is 4.60. The van der Waals surface area contributed by atoms with E-state index in [-0.39, 0.29) is 5.78 Å². The molecule has 1 heteroatoms. The highest BCUT2D eigenvalue weighted by Gasteiger charge is 2.19. The molecule has 0 N–H and O–H groups in total. The van der Waals surface area contributed by atoms with Crippen molar-refractivity contribution in [3.63, 3.8) is 0 Å². The molecule has 0 aromatic heterocycles. The number of rotatable bonds is 3. The van der Waals surface area contributed by atoms with Crippen LogP contribution in [0.5, 0.6) is 0 Å². The average molecular weight is 254 g/mol. The van der Waals surface area contributed by atoms with Crippen molar-refractivity contribution in [2.75, 3.05) is 0 Å². The number of ketones is 1. The molecule has 3 rings (SSSR count). The predicted octanol–water partition coefficient (Wildman–Crippen LogP) is 5.03. The van der Waals surface area contributed by atoms with Crippen LogP contribution in [0.3, 0.4) is 0 Å². The molecule has 1 aromatic rings. The first-order valence-corrected chi connectivity index (χ1v) is 7.67. The van der Waals surface area contributed by atoms with Gasteiger partial charge in [0.15, 0.2) is 5.78 Å². The van der Waals surface area contributed by atoms with Gasteiger partial charge in [-0.3, -0.25) is 4.79 Å². The summed E-state index contributed by atoms with van der Waals surface area (Å²) in [5.41, 5.74) is 3.61. The van der Waals surface area contributed by atoms with Crippen LogP contribution in [0.15, 0.2) is 35.9 Å². The molecule has 0 bridgehead atoms. The zero-order chi connectivity index (χ0) is 13.1. The SMILES string of the molecule is O=C(C=C1CCCCC1)c1ccc(C2CCC2)cc1. The highest BCUT2D eigenvalue weighted by molar-refractivity contribution is 6.04. The van der Waals surface area contributed by atoms with Gasteiger partial charge in [0.1, 0.15) is 0 Å². The van der Waals surface area contributed by atoms with Crippen LogP contribution in [0.2, 0.25) is 0 Å². The Labute approximate surface area is 115 Å². The molecular weight excluding hydrogens is 232 g/mol. The van der Waals surface area contributed by atoms with E-state index in [4.69, 9.17) is 0 Å². The fourth-order valence-electron chi connectivity index (χ4n) is 3.08. The second kappa shape index (κ2) is 5.73. The summed E-state index contributed by atoms with van der Waals surface area (Å²) in [5.74, 6) is 0.943. The van der Waals surface area contributed by atoms with Crippen LogP contribution >= 0.6 is 0 Å². The number of carbonyl (C=O) groups excluding carboxylic acids is 1. The fraction of sp³-hybridized carbons (Fsp3) is 0.500. The maximum absolute atomic E-state index is 12.2. The minimum Gasteiger partial charge on any atom is -0.289 e. The van der Waals surface area contributed by atoms with Crippen LogP contribution in [0.4, 0.5) is 0 Å². The van der Waals surface area contributed by atoms with Gasteiger partial charge < -0.3 is 0 Å². The van der Waals surface area contributed by atoms with Crippen LogP contribution < -0.4 is 0 Å². The molecule has 0 unspecified atom stereocenters. The second-order valence-corrected chi connectivity index (χ2v) is 5.98. The van der Waals surface area contributed by atoms with E-state index in [1.807, 2.05) is 18.2 Å². The zero-order valence-corrected chi connectivity index (χ0v) is 11.5. The summed E-state index contributed by atoms with van der Waals surface area (Å²) >= 11 is 0. The summed E-state index contributed by atoms with van der Waals surface area (Å²) in [4.78, 5) is 12.2. The van der Waals surface area contributed by atoms with Crippen molar-refractivity contribution in [3.8, 4) is 0 Å². The van der Waals surface area contributed by atoms with E-state index in [0.717, 1.165) is 24.3 Å². The molecule has 0 radical (unpaired) electrons. The van der Waals surface area contributed by atoms with Gasteiger partial charge in [-0.2, -0.15) is 0 Å². The average Bonchev–Trinajstić information content (AvgIpc) is 2.39.